The number of hydrogen-bond donors (Lipinski definition) is 1. The number of aromatic nitrogens is 2. The van der Waals surface area contributed by atoms with E-state index in [-0.39, 0.29) is 0 Å². The van der Waals surface area contributed by atoms with Gasteiger partial charge in [-0.3, -0.25) is 0 Å². The molecular formula is C11H13N3S2. The van der Waals surface area contributed by atoms with Crippen molar-refractivity contribution in [3.63, 3.8) is 0 Å². The Morgan fingerprint density at radius 2 is 2.19 bits per heavy atom. The van der Waals surface area contributed by atoms with Crippen molar-refractivity contribution in [3.8, 4) is 0 Å². The Morgan fingerprint density at radius 3 is 2.75 bits per heavy atom. The number of pyridine rings is 1. The van der Waals surface area contributed by atoms with E-state index in [2.05, 4.69) is 21.4 Å². The normalized spacial score (nSPS) is 10.4. The first-order valence-electron chi connectivity index (χ1n) is 4.93. The number of thiazole rings is 1. The SMILES string of the molecule is CSc1ccc(NCc2cnc(C)s2)nc1. The maximum absolute atomic E-state index is 4.32. The quantitative estimate of drug-likeness (QED) is 0.847. The number of aryl methyl sites for hydroxylation is 1. The van der Waals surface area contributed by atoms with Gasteiger partial charge in [-0.2, -0.15) is 0 Å². The van der Waals surface area contributed by atoms with E-state index >= 15 is 0 Å². The van der Waals surface area contributed by atoms with Gasteiger partial charge < -0.3 is 5.32 Å². The lowest BCUT2D eigenvalue weighted by atomic mass is 10.4. The molecule has 5 heteroatoms. The standard InChI is InChI=1S/C11H13N3S2/c1-8-12-6-10(16-8)7-14-11-4-3-9(15-2)5-13-11/h3-6H,7H2,1-2H3,(H,13,14). The van der Waals surface area contributed by atoms with Crippen molar-refractivity contribution in [2.45, 2.75) is 18.4 Å². The van der Waals surface area contributed by atoms with Crippen LogP contribution in [-0.2, 0) is 6.54 Å². The Bertz CT molecular complexity index is 451. The molecule has 0 saturated heterocycles. The highest BCUT2D eigenvalue weighted by Crippen LogP contribution is 2.16. The molecule has 0 fully saturated rings. The average molecular weight is 251 g/mol. The third kappa shape index (κ3) is 2.96. The molecule has 0 bridgehead atoms. The van der Waals surface area contributed by atoms with Gasteiger partial charge in [-0.25, -0.2) is 9.97 Å². The molecule has 1 N–H and O–H groups in total. The second-order valence-electron chi connectivity index (χ2n) is 3.28. The van der Waals surface area contributed by atoms with Crippen molar-refractivity contribution in [3.05, 3.63) is 34.4 Å². The summed E-state index contributed by atoms with van der Waals surface area (Å²) in [6.07, 6.45) is 5.83. The minimum absolute atomic E-state index is 0.789. The highest BCUT2D eigenvalue weighted by molar-refractivity contribution is 7.98. The van der Waals surface area contributed by atoms with Crippen molar-refractivity contribution in [2.24, 2.45) is 0 Å². The Labute approximate surface area is 103 Å². The van der Waals surface area contributed by atoms with Gasteiger partial charge in [0.05, 0.1) is 11.6 Å². The molecule has 0 aromatic carbocycles. The summed E-state index contributed by atoms with van der Waals surface area (Å²) in [6, 6.07) is 4.07. The maximum Gasteiger partial charge on any atom is 0.126 e. The molecule has 0 radical (unpaired) electrons. The summed E-state index contributed by atoms with van der Waals surface area (Å²) in [5.74, 6) is 0.906. The van der Waals surface area contributed by atoms with Gasteiger partial charge in [-0.05, 0) is 25.3 Å². The minimum Gasteiger partial charge on any atom is -0.365 e. The fourth-order valence-corrected chi connectivity index (χ4v) is 2.37. The zero-order valence-electron chi connectivity index (χ0n) is 9.23. The molecule has 0 spiro atoms. The second kappa shape index (κ2) is 5.32. The summed E-state index contributed by atoms with van der Waals surface area (Å²) < 4.78 is 0. The van der Waals surface area contributed by atoms with E-state index < -0.39 is 0 Å². The van der Waals surface area contributed by atoms with E-state index in [0.717, 1.165) is 17.4 Å². The number of rotatable bonds is 4. The maximum atomic E-state index is 4.32. The zero-order chi connectivity index (χ0) is 11.4. The molecule has 0 aliphatic carbocycles. The monoisotopic (exact) mass is 251 g/mol. The van der Waals surface area contributed by atoms with E-state index in [1.165, 1.54) is 9.77 Å². The lowest BCUT2D eigenvalue weighted by molar-refractivity contribution is 1.11. The van der Waals surface area contributed by atoms with E-state index in [4.69, 9.17) is 0 Å². The molecule has 0 saturated carbocycles. The average Bonchev–Trinajstić information content (AvgIpc) is 2.73. The van der Waals surface area contributed by atoms with Crippen LogP contribution in [0.1, 0.15) is 9.88 Å². The Kier molecular flexibility index (Phi) is 3.79. The van der Waals surface area contributed by atoms with Gasteiger partial charge in [0.2, 0.25) is 0 Å². The number of anilines is 1. The molecule has 2 aromatic heterocycles. The van der Waals surface area contributed by atoms with Crippen molar-refractivity contribution in [1.29, 1.82) is 0 Å². The molecule has 0 unspecified atom stereocenters. The molecule has 0 aliphatic rings. The first-order valence-corrected chi connectivity index (χ1v) is 6.97. The predicted molar refractivity (Wildman–Crippen MR) is 70.2 cm³/mol. The Balaban J connectivity index is 1.94. The van der Waals surface area contributed by atoms with Crippen molar-refractivity contribution in [2.75, 3.05) is 11.6 Å². The van der Waals surface area contributed by atoms with Crippen LogP contribution >= 0.6 is 23.1 Å². The molecule has 2 rings (SSSR count). The first kappa shape index (κ1) is 11.4. The van der Waals surface area contributed by atoms with Crippen LogP contribution in [0.15, 0.2) is 29.4 Å². The van der Waals surface area contributed by atoms with E-state index in [1.54, 1.807) is 23.1 Å². The highest BCUT2D eigenvalue weighted by Gasteiger charge is 1.99. The molecule has 3 nitrogen and oxygen atoms in total. The van der Waals surface area contributed by atoms with Crippen molar-refractivity contribution < 1.29 is 0 Å². The number of nitrogens with zero attached hydrogens (tertiary/aromatic N) is 2. The predicted octanol–water partition coefficient (Wildman–Crippen LogP) is 3.18. The van der Waals surface area contributed by atoms with Gasteiger partial charge in [-0.15, -0.1) is 23.1 Å². The lowest BCUT2D eigenvalue weighted by Crippen LogP contribution is -1.99. The van der Waals surface area contributed by atoms with Gasteiger partial charge in [0.1, 0.15) is 5.82 Å². The van der Waals surface area contributed by atoms with Crippen molar-refractivity contribution >= 4 is 28.9 Å². The third-order valence-electron chi connectivity index (χ3n) is 2.08. The van der Waals surface area contributed by atoms with Gasteiger partial charge in [0.15, 0.2) is 0 Å². The van der Waals surface area contributed by atoms with Gasteiger partial charge in [0, 0.05) is 22.2 Å². The number of thioether (sulfide) groups is 1. The summed E-state index contributed by atoms with van der Waals surface area (Å²) in [6.45, 7) is 2.80. The van der Waals surface area contributed by atoms with Crippen LogP contribution in [0.25, 0.3) is 0 Å². The topological polar surface area (TPSA) is 37.8 Å². The number of hydrogen-bond acceptors (Lipinski definition) is 5. The van der Waals surface area contributed by atoms with Crippen molar-refractivity contribution in [1.82, 2.24) is 9.97 Å². The summed E-state index contributed by atoms with van der Waals surface area (Å²) >= 11 is 3.41. The van der Waals surface area contributed by atoms with Crippen LogP contribution in [0.5, 0.6) is 0 Å². The molecule has 0 atom stereocenters. The molecule has 0 aliphatic heterocycles. The van der Waals surface area contributed by atoms with Gasteiger partial charge in [0.25, 0.3) is 0 Å². The van der Waals surface area contributed by atoms with E-state index in [1.807, 2.05) is 31.6 Å². The molecule has 16 heavy (non-hydrogen) atoms. The van der Waals surface area contributed by atoms with Crippen LogP contribution < -0.4 is 5.32 Å². The smallest absolute Gasteiger partial charge is 0.126 e. The van der Waals surface area contributed by atoms with Crippen LogP contribution in [-0.4, -0.2) is 16.2 Å². The molecule has 84 valence electrons. The summed E-state index contributed by atoms with van der Waals surface area (Å²) in [5, 5.41) is 4.38. The van der Waals surface area contributed by atoms with Crippen LogP contribution in [0.4, 0.5) is 5.82 Å². The zero-order valence-corrected chi connectivity index (χ0v) is 10.9. The van der Waals surface area contributed by atoms with Crippen LogP contribution in [0.2, 0.25) is 0 Å². The van der Waals surface area contributed by atoms with Gasteiger partial charge in [-0.1, -0.05) is 0 Å². The van der Waals surface area contributed by atoms with E-state index in [0.29, 0.717) is 0 Å². The fourth-order valence-electron chi connectivity index (χ4n) is 1.27. The van der Waals surface area contributed by atoms with E-state index in [9.17, 15) is 0 Å². The summed E-state index contributed by atoms with van der Waals surface area (Å²) in [7, 11) is 0. The first-order chi connectivity index (χ1) is 7.78. The second-order valence-corrected chi connectivity index (χ2v) is 5.48. The molecular weight excluding hydrogens is 238 g/mol. The van der Waals surface area contributed by atoms with Gasteiger partial charge >= 0.3 is 0 Å². The minimum atomic E-state index is 0.789. The lowest BCUT2D eigenvalue weighted by Gasteiger charge is -2.03. The van der Waals surface area contributed by atoms with Crippen LogP contribution in [0, 0.1) is 6.92 Å². The molecule has 2 heterocycles. The third-order valence-corrected chi connectivity index (χ3v) is 3.71. The fraction of sp³-hybridized carbons (Fsp3) is 0.273. The number of nitrogens with one attached hydrogen (secondary N) is 1. The molecule has 0 amide bonds. The summed E-state index contributed by atoms with van der Waals surface area (Å²) in [5.41, 5.74) is 0. The highest BCUT2D eigenvalue weighted by atomic mass is 32.2. The molecule has 2 aromatic rings. The largest absolute Gasteiger partial charge is 0.365 e. The Hall–Kier alpha value is -1.07. The Morgan fingerprint density at radius 1 is 1.31 bits per heavy atom. The van der Waals surface area contributed by atoms with Crippen LogP contribution in [0.3, 0.4) is 0 Å². The summed E-state index contributed by atoms with van der Waals surface area (Å²) in [4.78, 5) is 10.9.